The molecule has 0 saturated carbocycles. The Kier molecular flexibility index (Phi) is 4.18. The number of nitrogens with zero attached hydrogens (tertiary/aromatic N) is 1. The average molecular weight is 250 g/mol. The third-order valence-corrected chi connectivity index (χ3v) is 2.44. The van der Waals surface area contributed by atoms with Crippen LogP contribution in [0.25, 0.3) is 0 Å². The number of alkyl halides is 3. The molecule has 88 valence electrons. The van der Waals surface area contributed by atoms with Gasteiger partial charge in [0.15, 0.2) is 5.69 Å². The van der Waals surface area contributed by atoms with Crippen LogP contribution in [0.4, 0.5) is 8.78 Å². The van der Waals surface area contributed by atoms with Crippen molar-refractivity contribution >= 4 is 17.6 Å². The minimum absolute atomic E-state index is 0.0992. The van der Waals surface area contributed by atoms with Crippen LogP contribution >= 0.6 is 11.6 Å². The van der Waals surface area contributed by atoms with Crippen molar-refractivity contribution in [2.24, 2.45) is 0 Å². The minimum Gasteiger partial charge on any atom is -0.464 e. The highest BCUT2D eigenvalue weighted by Crippen LogP contribution is 2.29. The molecule has 0 spiro atoms. The second kappa shape index (κ2) is 5.21. The van der Waals surface area contributed by atoms with Crippen LogP contribution in [0.5, 0.6) is 0 Å². The summed E-state index contributed by atoms with van der Waals surface area (Å²) in [6.45, 7) is 1.61. The number of ether oxygens (including phenoxy) is 1. The number of methoxy groups -OCH3 is 1. The minimum atomic E-state index is -2.81. The number of carbonyl (C=O) groups is 1. The van der Waals surface area contributed by atoms with E-state index in [1.807, 2.05) is 0 Å². The molecule has 0 aliphatic carbocycles. The van der Waals surface area contributed by atoms with Crippen LogP contribution in [0.3, 0.4) is 0 Å². The Morgan fingerprint density at radius 2 is 2.25 bits per heavy atom. The lowest BCUT2D eigenvalue weighted by molar-refractivity contribution is 0.0581. The van der Waals surface area contributed by atoms with E-state index >= 15 is 0 Å². The summed E-state index contributed by atoms with van der Waals surface area (Å²) in [6, 6.07) is 0. The zero-order chi connectivity index (χ0) is 12.3. The Morgan fingerprint density at radius 1 is 1.62 bits per heavy atom. The first-order valence-electron chi connectivity index (χ1n) is 4.43. The number of rotatable bonds is 3. The van der Waals surface area contributed by atoms with Crippen LogP contribution in [-0.2, 0) is 10.6 Å². The summed E-state index contributed by atoms with van der Waals surface area (Å²) in [7, 11) is 1.11. The highest BCUT2D eigenvalue weighted by molar-refractivity contribution is 6.17. The van der Waals surface area contributed by atoms with E-state index in [0.717, 1.165) is 7.11 Å². The third-order valence-electron chi connectivity index (χ3n) is 2.17. The molecule has 0 aliphatic heterocycles. The molecule has 0 radical (unpaired) electrons. The topological polar surface area (TPSA) is 39.2 Å². The number of aryl methyl sites for hydroxylation is 1. The molecule has 1 aromatic rings. The zero-order valence-corrected chi connectivity index (χ0v) is 9.52. The quantitative estimate of drug-likeness (QED) is 0.611. The SMILES string of the molecule is COC(=O)c1ncc(C)c(CCl)c1C(F)F. The van der Waals surface area contributed by atoms with Gasteiger partial charge in [-0.1, -0.05) is 0 Å². The number of halogens is 3. The van der Waals surface area contributed by atoms with Gasteiger partial charge in [0.1, 0.15) is 0 Å². The molecule has 1 heterocycles. The Hall–Kier alpha value is -1.23. The highest BCUT2D eigenvalue weighted by Gasteiger charge is 2.25. The second-order valence-corrected chi connectivity index (χ2v) is 3.38. The predicted octanol–water partition coefficient (Wildman–Crippen LogP) is 2.85. The molecule has 1 rings (SSSR count). The molecule has 3 nitrogen and oxygen atoms in total. The first-order valence-corrected chi connectivity index (χ1v) is 4.97. The van der Waals surface area contributed by atoms with Gasteiger partial charge in [-0.15, -0.1) is 11.6 Å². The third kappa shape index (κ3) is 2.29. The maximum absolute atomic E-state index is 12.8. The summed E-state index contributed by atoms with van der Waals surface area (Å²) >= 11 is 5.59. The molecule has 0 atom stereocenters. The van der Waals surface area contributed by atoms with Crippen molar-refractivity contribution < 1.29 is 18.3 Å². The van der Waals surface area contributed by atoms with Crippen LogP contribution in [0.1, 0.15) is 33.6 Å². The molecule has 1 aromatic heterocycles. The van der Waals surface area contributed by atoms with Gasteiger partial charge in [-0.05, 0) is 18.1 Å². The molecule has 6 heteroatoms. The second-order valence-electron chi connectivity index (χ2n) is 3.11. The largest absolute Gasteiger partial charge is 0.464 e. The smallest absolute Gasteiger partial charge is 0.357 e. The normalized spacial score (nSPS) is 10.6. The summed E-state index contributed by atoms with van der Waals surface area (Å²) in [5.74, 6) is -0.987. The van der Waals surface area contributed by atoms with E-state index in [1.165, 1.54) is 6.20 Å². The molecule has 0 unspecified atom stereocenters. The van der Waals surface area contributed by atoms with E-state index in [0.29, 0.717) is 5.56 Å². The lowest BCUT2D eigenvalue weighted by atomic mass is 10.0. The number of pyridine rings is 1. The molecule has 0 N–H and O–H groups in total. The summed E-state index contributed by atoms with van der Waals surface area (Å²) in [4.78, 5) is 14.9. The van der Waals surface area contributed by atoms with E-state index < -0.39 is 18.0 Å². The molecule has 0 amide bonds. The zero-order valence-electron chi connectivity index (χ0n) is 8.76. The van der Waals surface area contributed by atoms with Gasteiger partial charge in [0, 0.05) is 12.1 Å². The van der Waals surface area contributed by atoms with Crippen LogP contribution < -0.4 is 0 Å². The van der Waals surface area contributed by atoms with Gasteiger partial charge >= 0.3 is 5.97 Å². The standard InChI is InChI=1S/C10H10ClF2NO2/c1-5-4-14-8(10(15)16-2)7(9(12)13)6(5)3-11/h4,9H,3H2,1-2H3. The summed E-state index contributed by atoms with van der Waals surface area (Å²) < 4.78 is 30.1. The lowest BCUT2D eigenvalue weighted by Gasteiger charge is -2.12. The predicted molar refractivity (Wildman–Crippen MR) is 54.8 cm³/mol. The van der Waals surface area contributed by atoms with Gasteiger partial charge in [0.25, 0.3) is 6.43 Å². The van der Waals surface area contributed by atoms with E-state index in [1.54, 1.807) is 6.92 Å². The van der Waals surface area contributed by atoms with Gasteiger partial charge in [0.2, 0.25) is 0 Å². The Morgan fingerprint density at radius 3 is 2.69 bits per heavy atom. The van der Waals surface area contributed by atoms with Gasteiger partial charge in [-0.25, -0.2) is 18.6 Å². The van der Waals surface area contributed by atoms with Gasteiger partial charge in [-0.3, -0.25) is 0 Å². The van der Waals surface area contributed by atoms with Crippen LogP contribution in [0.15, 0.2) is 6.20 Å². The van der Waals surface area contributed by atoms with Crippen molar-refractivity contribution in [3.05, 3.63) is 28.6 Å². The molecular formula is C10H10ClF2NO2. The molecule has 0 aliphatic rings. The fraction of sp³-hybridized carbons (Fsp3) is 0.400. The fourth-order valence-electron chi connectivity index (χ4n) is 1.34. The van der Waals surface area contributed by atoms with Crippen LogP contribution in [-0.4, -0.2) is 18.1 Å². The van der Waals surface area contributed by atoms with Crippen molar-refractivity contribution in [3.8, 4) is 0 Å². The fourth-order valence-corrected chi connectivity index (χ4v) is 1.69. The lowest BCUT2D eigenvalue weighted by Crippen LogP contribution is -2.12. The van der Waals surface area contributed by atoms with Crippen LogP contribution in [0, 0.1) is 6.92 Å². The molecule has 0 saturated heterocycles. The van der Waals surface area contributed by atoms with Gasteiger partial charge in [0.05, 0.1) is 12.7 Å². The summed E-state index contributed by atoms with van der Waals surface area (Å²) in [5, 5.41) is 0. The monoisotopic (exact) mass is 249 g/mol. The van der Waals surface area contributed by atoms with E-state index in [-0.39, 0.29) is 17.1 Å². The first kappa shape index (κ1) is 12.8. The van der Waals surface area contributed by atoms with Crippen molar-refractivity contribution in [2.45, 2.75) is 19.2 Å². The number of aromatic nitrogens is 1. The van der Waals surface area contributed by atoms with E-state index in [9.17, 15) is 13.6 Å². The highest BCUT2D eigenvalue weighted by atomic mass is 35.5. The average Bonchev–Trinajstić information content (AvgIpc) is 2.27. The Balaban J connectivity index is 3.45. The Bertz CT molecular complexity index is 410. The molecular weight excluding hydrogens is 240 g/mol. The number of esters is 1. The molecule has 0 bridgehead atoms. The van der Waals surface area contributed by atoms with Crippen molar-refractivity contribution in [3.63, 3.8) is 0 Å². The van der Waals surface area contributed by atoms with Gasteiger partial charge < -0.3 is 4.74 Å². The number of hydrogen-bond donors (Lipinski definition) is 0. The van der Waals surface area contributed by atoms with Crippen molar-refractivity contribution in [1.82, 2.24) is 4.98 Å². The molecule has 0 aromatic carbocycles. The van der Waals surface area contributed by atoms with Crippen molar-refractivity contribution in [2.75, 3.05) is 7.11 Å². The van der Waals surface area contributed by atoms with E-state index in [4.69, 9.17) is 11.6 Å². The maximum atomic E-state index is 12.8. The van der Waals surface area contributed by atoms with Crippen molar-refractivity contribution in [1.29, 1.82) is 0 Å². The number of carbonyl (C=O) groups excluding carboxylic acids is 1. The maximum Gasteiger partial charge on any atom is 0.357 e. The van der Waals surface area contributed by atoms with E-state index in [2.05, 4.69) is 9.72 Å². The first-order chi connectivity index (χ1) is 7.52. The number of hydrogen-bond acceptors (Lipinski definition) is 3. The summed E-state index contributed by atoms with van der Waals surface area (Å²) in [5.41, 5.74) is -0.0642. The Labute approximate surface area is 96.4 Å². The summed E-state index contributed by atoms with van der Waals surface area (Å²) in [6.07, 6.45) is -1.48. The van der Waals surface area contributed by atoms with Gasteiger partial charge in [-0.2, -0.15) is 0 Å². The molecule has 16 heavy (non-hydrogen) atoms. The van der Waals surface area contributed by atoms with Crippen LogP contribution in [0.2, 0.25) is 0 Å². The molecule has 0 fully saturated rings.